The van der Waals surface area contributed by atoms with Crippen LogP contribution in [0.15, 0.2) is 16.5 Å². The van der Waals surface area contributed by atoms with E-state index in [0.29, 0.717) is 18.3 Å². The molecule has 1 N–H and O–H groups in total. The SMILES string of the molecule is CCN(CC)CCCC(C)NCc1ccc([N+](=O)[O-])o1. The van der Waals surface area contributed by atoms with Gasteiger partial charge in [0.15, 0.2) is 0 Å². The van der Waals surface area contributed by atoms with Gasteiger partial charge in [0.25, 0.3) is 0 Å². The van der Waals surface area contributed by atoms with E-state index in [1.807, 2.05) is 0 Å². The van der Waals surface area contributed by atoms with Crippen LogP contribution in [0.1, 0.15) is 39.4 Å². The van der Waals surface area contributed by atoms with Gasteiger partial charge < -0.3 is 14.6 Å². The summed E-state index contributed by atoms with van der Waals surface area (Å²) in [5.74, 6) is 0.406. The summed E-state index contributed by atoms with van der Waals surface area (Å²) in [6.45, 7) is 10.3. The Hall–Kier alpha value is -1.40. The maximum atomic E-state index is 10.5. The molecule has 0 radical (unpaired) electrons. The normalized spacial score (nSPS) is 12.8. The minimum Gasteiger partial charge on any atom is -0.404 e. The first kappa shape index (κ1) is 16.7. The highest BCUT2D eigenvalue weighted by atomic mass is 16.6. The van der Waals surface area contributed by atoms with E-state index in [9.17, 15) is 10.1 Å². The second kappa shape index (κ2) is 8.71. The van der Waals surface area contributed by atoms with Gasteiger partial charge in [0.05, 0.1) is 12.6 Å². The van der Waals surface area contributed by atoms with Crippen molar-refractivity contribution in [3.8, 4) is 0 Å². The van der Waals surface area contributed by atoms with Crippen molar-refractivity contribution >= 4 is 5.88 Å². The van der Waals surface area contributed by atoms with E-state index in [4.69, 9.17) is 4.42 Å². The molecule has 1 unspecified atom stereocenters. The van der Waals surface area contributed by atoms with Crippen molar-refractivity contribution in [2.45, 2.75) is 46.2 Å². The predicted molar refractivity (Wildman–Crippen MR) is 78.7 cm³/mol. The molecule has 1 heterocycles. The van der Waals surface area contributed by atoms with Crippen molar-refractivity contribution < 1.29 is 9.34 Å². The van der Waals surface area contributed by atoms with E-state index in [0.717, 1.165) is 32.5 Å². The summed E-state index contributed by atoms with van der Waals surface area (Å²) in [6.07, 6.45) is 2.23. The van der Waals surface area contributed by atoms with Crippen LogP contribution in [0, 0.1) is 10.1 Å². The molecule has 0 saturated heterocycles. The van der Waals surface area contributed by atoms with Crippen molar-refractivity contribution in [2.24, 2.45) is 0 Å². The summed E-state index contributed by atoms with van der Waals surface area (Å²) in [5, 5.41) is 13.8. The number of rotatable bonds is 10. The average molecular weight is 283 g/mol. The molecule has 0 aliphatic carbocycles. The molecule has 0 amide bonds. The topological polar surface area (TPSA) is 71.5 Å². The van der Waals surface area contributed by atoms with Gasteiger partial charge in [-0.2, -0.15) is 0 Å². The standard InChI is InChI=1S/C14H25N3O3/c1-4-16(5-2)10-6-7-12(3)15-11-13-8-9-14(20-13)17(18)19/h8-9,12,15H,4-7,10-11H2,1-3H3. The predicted octanol–water partition coefficient (Wildman–Crippen LogP) is 2.79. The van der Waals surface area contributed by atoms with Crippen molar-refractivity contribution in [2.75, 3.05) is 19.6 Å². The van der Waals surface area contributed by atoms with Gasteiger partial charge in [0.1, 0.15) is 10.7 Å². The van der Waals surface area contributed by atoms with E-state index < -0.39 is 4.92 Å². The molecule has 1 aromatic heterocycles. The van der Waals surface area contributed by atoms with Crippen LogP contribution in [0.5, 0.6) is 0 Å². The van der Waals surface area contributed by atoms with Crippen LogP contribution in [0.3, 0.4) is 0 Å². The Bertz CT molecular complexity index is 402. The molecular formula is C14H25N3O3. The minimum absolute atomic E-state index is 0.198. The third-order valence-electron chi connectivity index (χ3n) is 3.46. The average Bonchev–Trinajstić information content (AvgIpc) is 2.90. The number of nitro groups is 1. The Kier molecular flexibility index (Phi) is 7.25. The zero-order chi connectivity index (χ0) is 15.0. The molecule has 0 aliphatic rings. The van der Waals surface area contributed by atoms with Crippen LogP contribution >= 0.6 is 0 Å². The molecule has 0 aromatic carbocycles. The lowest BCUT2D eigenvalue weighted by Gasteiger charge is -2.19. The van der Waals surface area contributed by atoms with Crippen LogP contribution in [0.4, 0.5) is 5.88 Å². The molecule has 1 atom stereocenters. The van der Waals surface area contributed by atoms with Crippen LogP contribution in [0.2, 0.25) is 0 Å². The molecule has 114 valence electrons. The number of hydrogen-bond acceptors (Lipinski definition) is 5. The van der Waals surface area contributed by atoms with E-state index in [2.05, 4.69) is 31.0 Å². The maximum absolute atomic E-state index is 10.5. The summed E-state index contributed by atoms with van der Waals surface area (Å²) in [5.41, 5.74) is 0. The summed E-state index contributed by atoms with van der Waals surface area (Å²) in [6, 6.07) is 3.41. The lowest BCUT2D eigenvalue weighted by atomic mass is 10.1. The Morgan fingerprint density at radius 2 is 2.10 bits per heavy atom. The number of nitrogens with one attached hydrogen (secondary N) is 1. The number of furan rings is 1. The summed E-state index contributed by atoms with van der Waals surface area (Å²) < 4.78 is 5.10. The third-order valence-corrected chi connectivity index (χ3v) is 3.46. The van der Waals surface area contributed by atoms with Crippen molar-refractivity contribution in [3.63, 3.8) is 0 Å². The monoisotopic (exact) mass is 283 g/mol. The first-order chi connectivity index (χ1) is 9.56. The lowest BCUT2D eigenvalue weighted by molar-refractivity contribution is -0.402. The quantitative estimate of drug-likeness (QED) is 0.528. The van der Waals surface area contributed by atoms with Crippen LogP contribution in [-0.4, -0.2) is 35.5 Å². The lowest BCUT2D eigenvalue weighted by Crippen LogP contribution is -2.28. The molecule has 0 aliphatic heterocycles. The molecule has 0 spiro atoms. The zero-order valence-electron chi connectivity index (χ0n) is 12.6. The fourth-order valence-corrected chi connectivity index (χ4v) is 2.10. The maximum Gasteiger partial charge on any atom is 0.433 e. The molecule has 0 bridgehead atoms. The largest absolute Gasteiger partial charge is 0.433 e. The molecule has 6 heteroatoms. The molecule has 0 saturated carbocycles. The van der Waals surface area contributed by atoms with E-state index in [1.165, 1.54) is 6.07 Å². The molecule has 1 aromatic rings. The van der Waals surface area contributed by atoms with E-state index in [-0.39, 0.29) is 5.88 Å². The van der Waals surface area contributed by atoms with Gasteiger partial charge in [0, 0.05) is 6.04 Å². The fraction of sp³-hybridized carbons (Fsp3) is 0.714. The zero-order valence-corrected chi connectivity index (χ0v) is 12.6. The second-order valence-electron chi connectivity index (χ2n) is 4.95. The van der Waals surface area contributed by atoms with Gasteiger partial charge in [-0.15, -0.1) is 0 Å². The van der Waals surface area contributed by atoms with Crippen LogP contribution < -0.4 is 5.32 Å². The smallest absolute Gasteiger partial charge is 0.404 e. The molecular weight excluding hydrogens is 258 g/mol. The minimum atomic E-state index is -0.517. The van der Waals surface area contributed by atoms with Crippen molar-refractivity contribution in [1.82, 2.24) is 10.2 Å². The van der Waals surface area contributed by atoms with Gasteiger partial charge in [-0.05, 0) is 45.5 Å². The van der Waals surface area contributed by atoms with Gasteiger partial charge in [0.2, 0.25) is 0 Å². The Balaban J connectivity index is 2.22. The molecule has 1 rings (SSSR count). The third kappa shape index (κ3) is 5.71. The highest BCUT2D eigenvalue weighted by molar-refractivity contribution is 5.17. The van der Waals surface area contributed by atoms with Crippen molar-refractivity contribution in [1.29, 1.82) is 0 Å². The first-order valence-corrected chi connectivity index (χ1v) is 7.25. The number of nitrogens with zero attached hydrogens (tertiary/aromatic N) is 2. The van der Waals surface area contributed by atoms with Gasteiger partial charge >= 0.3 is 5.88 Å². The summed E-state index contributed by atoms with van der Waals surface area (Å²) in [7, 11) is 0. The van der Waals surface area contributed by atoms with E-state index in [1.54, 1.807) is 6.07 Å². The summed E-state index contributed by atoms with van der Waals surface area (Å²) in [4.78, 5) is 12.4. The highest BCUT2D eigenvalue weighted by Gasteiger charge is 2.12. The van der Waals surface area contributed by atoms with Crippen LogP contribution in [0.25, 0.3) is 0 Å². The molecule has 20 heavy (non-hydrogen) atoms. The van der Waals surface area contributed by atoms with Crippen molar-refractivity contribution in [3.05, 3.63) is 28.0 Å². The second-order valence-corrected chi connectivity index (χ2v) is 4.95. The molecule has 0 fully saturated rings. The first-order valence-electron chi connectivity index (χ1n) is 7.25. The highest BCUT2D eigenvalue weighted by Crippen LogP contribution is 2.15. The van der Waals surface area contributed by atoms with Crippen LogP contribution in [-0.2, 0) is 6.54 Å². The fourth-order valence-electron chi connectivity index (χ4n) is 2.10. The van der Waals surface area contributed by atoms with E-state index >= 15 is 0 Å². The van der Waals surface area contributed by atoms with Gasteiger partial charge in [-0.1, -0.05) is 13.8 Å². The molecule has 6 nitrogen and oxygen atoms in total. The Labute approximate surface area is 120 Å². The Morgan fingerprint density at radius 1 is 1.40 bits per heavy atom. The Morgan fingerprint density at radius 3 is 2.65 bits per heavy atom. The van der Waals surface area contributed by atoms with Gasteiger partial charge in [-0.25, -0.2) is 0 Å². The number of hydrogen-bond donors (Lipinski definition) is 1. The summed E-state index contributed by atoms with van der Waals surface area (Å²) >= 11 is 0. The van der Waals surface area contributed by atoms with Gasteiger partial charge in [-0.3, -0.25) is 10.1 Å².